The lowest BCUT2D eigenvalue weighted by Crippen LogP contribution is -2.10. The van der Waals surface area contributed by atoms with Crippen LogP contribution in [0.25, 0.3) is 11.6 Å². The van der Waals surface area contributed by atoms with Gasteiger partial charge >= 0.3 is 0 Å². The maximum absolute atomic E-state index is 3.92. The van der Waals surface area contributed by atoms with Gasteiger partial charge in [-0.25, -0.2) is 0 Å². The van der Waals surface area contributed by atoms with Crippen molar-refractivity contribution in [2.45, 2.75) is 68.2 Å². The summed E-state index contributed by atoms with van der Waals surface area (Å²) < 4.78 is 0. The predicted octanol–water partition coefficient (Wildman–Crippen LogP) is 8.71. The summed E-state index contributed by atoms with van der Waals surface area (Å²) in [6.07, 6.45) is 4.39. The number of rotatable bonds is 2. The van der Waals surface area contributed by atoms with Crippen LogP contribution < -0.4 is 0 Å². The molecule has 0 radical (unpaired) electrons. The fourth-order valence-electron chi connectivity index (χ4n) is 2.28. The van der Waals surface area contributed by atoms with Crippen molar-refractivity contribution in [1.29, 1.82) is 0 Å². The highest BCUT2D eigenvalue weighted by Crippen LogP contribution is 2.21. The van der Waals surface area contributed by atoms with Crippen LogP contribution >= 0.6 is 0 Å². The van der Waals surface area contributed by atoms with E-state index >= 15 is 0 Å². The summed E-state index contributed by atoms with van der Waals surface area (Å²) in [6.45, 7) is 21.4. The highest BCUT2D eigenvalue weighted by Gasteiger charge is 2.11. The molecule has 0 aliphatic rings. The number of allylic oxidation sites excluding steroid dienone is 2. The minimum absolute atomic E-state index is 0. The van der Waals surface area contributed by atoms with Crippen LogP contribution in [0.4, 0.5) is 0 Å². The topological polar surface area (TPSA) is 0 Å². The first kappa shape index (κ1) is 24.9. The second kappa shape index (κ2) is 10.3. The summed E-state index contributed by atoms with van der Waals surface area (Å²) in [5.74, 6) is 0. The van der Waals surface area contributed by atoms with Gasteiger partial charge in [0, 0.05) is 0 Å². The lowest BCUT2D eigenvalue weighted by molar-refractivity contribution is 0.547. The van der Waals surface area contributed by atoms with E-state index in [0.717, 1.165) is 5.57 Å². The first-order valence-corrected chi connectivity index (χ1v) is 9.41. The van der Waals surface area contributed by atoms with Gasteiger partial charge in [-0.1, -0.05) is 127 Å². The van der Waals surface area contributed by atoms with Gasteiger partial charge < -0.3 is 0 Å². The normalized spacial score (nSPS) is 11.4. The molecule has 2 aromatic carbocycles. The Kier molecular flexibility index (Phi) is 9.51. The SMILES string of the molecule is C.C=C(C)c1ccc(/C=C/C(C)(C)C)cc1.Cc1ccc(C(C)(C)C)cc1. The molecule has 148 valence electrons. The molecule has 27 heavy (non-hydrogen) atoms. The molecule has 0 heterocycles. The van der Waals surface area contributed by atoms with Crippen LogP contribution in [0.2, 0.25) is 0 Å². The quantitative estimate of drug-likeness (QED) is 0.500. The molecular formula is C27H40. The van der Waals surface area contributed by atoms with Gasteiger partial charge in [0.15, 0.2) is 0 Å². The Morgan fingerprint density at radius 1 is 0.815 bits per heavy atom. The van der Waals surface area contributed by atoms with Crippen LogP contribution in [0.15, 0.2) is 61.2 Å². The zero-order chi connectivity index (χ0) is 20.0. The van der Waals surface area contributed by atoms with Gasteiger partial charge in [-0.3, -0.25) is 0 Å². The molecule has 0 heteroatoms. The maximum Gasteiger partial charge on any atom is -0.0132 e. The molecule has 0 unspecified atom stereocenters. The third-order valence-electron chi connectivity index (χ3n) is 4.10. The second-order valence-electron chi connectivity index (χ2n) is 9.22. The predicted molar refractivity (Wildman–Crippen MR) is 126 cm³/mol. The smallest absolute Gasteiger partial charge is 0.0132 e. The van der Waals surface area contributed by atoms with Crippen molar-refractivity contribution in [2.75, 3.05) is 0 Å². The van der Waals surface area contributed by atoms with Gasteiger partial charge in [0.05, 0.1) is 0 Å². The summed E-state index contributed by atoms with van der Waals surface area (Å²) in [7, 11) is 0. The van der Waals surface area contributed by atoms with E-state index in [-0.39, 0.29) is 18.3 Å². The highest BCUT2D eigenvalue weighted by atomic mass is 14.2. The van der Waals surface area contributed by atoms with E-state index in [2.05, 4.69) is 116 Å². The molecule has 0 bridgehead atoms. The Balaban J connectivity index is 0.000000504. The third kappa shape index (κ3) is 9.99. The van der Waals surface area contributed by atoms with Crippen LogP contribution in [-0.2, 0) is 5.41 Å². The van der Waals surface area contributed by atoms with Crippen LogP contribution in [0.5, 0.6) is 0 Å². The molecule has 0 aliphatic heterocycles. The van der Waals surface area contributed by atoms with Gasteiger partial charge in [-0.2, -0.15) is 0 Å². The molecule has 0 aromatic heterocycles. The summed E-state index contributed by atoms with van der Waals surface area (Å²) in [5, 5.41) is 0. The summed E-state index contributed by atoms with van der Waals surface area (Å²) in [6, 6.07) is 17.2. The fraction of sp³-hybridized carbons (Fsp3) is 0.407. The standard InChI is InChI=1S/C15H20.C11H16.CH4/c1-12(2)14-8-6-13(7-9-14)10-11-15(3,4)5;1-9-5-7-10(8-6-9)11(2,3)4;/h6-11H,1H2,2-5H3;5-8H,1-4H3;1H4/b11-10+;;. The molecular weight excluding hydrogens is 324 g/mol. The van der Waals surface area contributed by atoms with E-state index in [1.54, 1.807) is 0 Å². The van der Waals surface area contributed by atoms with E-state index < -0.39 is 0 Å². The van der Waals surface area contributed by atoms with Gasteiger partial charge in [-0.15, -0.1) is 0 Å². The summed E-state index contributed by atoms with van der Waals surface area (Å²) in [5.41, 5.74) is 6.83. The minimum atomic E-state index is 0. The molecule has 2 rings (SSSR count). The Labute approximate surface area is 169 Å². The van der Waals surface area contributed by atoms with Crippen molar-refractivity contribution in [3.05, 3.63) is 83.4 Å². The minimum Gasteiger partial charge on any atom is -0.0955 e. The van der Waals surface area contributed by atoms with Crippen molar-refractivity contribution in [2.24, 2.45) is 5.41 Å². The molecule has 0 spiro atoms. The van der Waals surface area contributed by atoms with E-state index in [0.29, 0.717) is 0 Å². The van der Waals surface area contributed by atoms with Gasteiger partial charge in [0.25, 0.3) is 0 Å². The largest absolute Gasteiger partial charge is 0.0955 e. The third-order valence-corrected chi connectivity index (χ3v) is 4.10. The Bertz CT molecular complexity index is 712. The second-order valence-corrected chi connectivity index (χ2v) is 9.22. The fourth-order valence-corrected chi connectivity index (χ4v) is 2.28. The zero-order valence-electron chi connectivity index (χ0n) is 18.0. The average molecular weight is 365 g/mol. The molecule has 0 aliphatic carbocycles. The maximum atomic E-state index is 3.92. The first-order valence-electron chi connectivity index (χ1n) is 9.41. The van der Waals surface area contributed by atoms with E-state index in [4.69, 9.17) is 0 Å². The van der Waals surface area contributed by atoms with E-state index in [9.17, 15) is 0 Å². The molecule has 0 fully saturated rings. The lowest BCUT2D eigenvalue weighted by atomic mass is 9.87. The Morgan fingerprint density at radius 3 is 1.67 bits per heavy atom. The zero-order valence-corrected chi connectivity index (χ0v) is 18.0. The molecule has 0 amide bonds. The van der Waals surface area contributed by atoms with Crippen molar-refractivity contribution in [3.8, 4) is 0 Å². The van der Waals surface area contributed by atoms with Crippen LogP contribution in [0, 0.1) is 12.3 Å². The molecule has 0 N–H and O–H groups in total. The highest BCUT2D eigenvalue weighted by molar-refractivity contribution is 5.63. The molecule has 0 saturated carbocycles. The van der Waals surface area contributed by atoms with Crippen molar-refractivity contribution < 1.29 is 0 Å². The van der Waals surface area contributed by atoms with Crippen LogP contribution in [0.3, 0.4) is 0 Å². The van der Waals surface area contributed by atoms with Crippen LogP contribution in [-0.4, -0.2) is 0 Å². The van der Waals surface area contributed by atoms with E-state index in [1.165, 1.54) is 22.3 Å². The monoisotopic (exact) mass is 364 g/mol. The van der Waals surface area contributed by atoms with E-state index in [1.807, 2.05) is 6.92 Å². The number of hydrogen-bond acceptors (Lipinski definition) is 0. The molecule has 0 saturated heterocycles. The average Bonchev–Trinajstić information content (AvgIpc) is 2.53. The number of hydrogen-bond donors (Lipinski definition) is 0. The van der Waals surface area contributed by atoms with Crippen molar-refractivity contribution in [1.82, 2.24) is 0 Å². The Morgan fingerprint density at radius 2 is 1.30 bits per heavy atom. The van der Waals surface area contributed by atoms with Crippen molar-refractivity contribution in [3.63, 3.8) is 0 Å². The molecule has 0 nitrogen and oxygen atoms in total. The first-order chi connectivity index (χ1) is 11.9. The summed E-state index contributed by atoms with van der Waals surface area (Å²) >= 11 is 0. The number of aryl methyl sites for hydroxylation is 1. The van der Waals surface area contributed by atoms with Crippen molar-refractivity contribution >= 4 is 11.6 Å². The molecule has 0 atom stereocenters. The summed E-state index contributed by atoms with van der Waals surface area (Å²) in [4.78, 5) is 0. The lowest BCUT2D eigenvalue weighted by Gasteiger charge is -2.18. The number of benzene rings is 2. The van der Waals surface area contributed by atoms with Gasteiger partial charge in [0.2, 0.25) is 0 Å². The Hall–Kier alpha value is -2.08. The van der Waals surface area contributed by atoms with Crippen LogP contribution in [0.1, 0.15) is 78.1 Å². The van der Waals surface area contributed by atoms with Gasteiger partial charge in [0.1, 0.15) is 0 Å². The van der Waals surface area contributed by atoms with Gasteiger partial charge in [-0.05, 0) is 41.4 Å². The molecule has 2 aromatic rings.